The van der Waals surface area contributed by atoms with E-state index in [1.54, 1.807) is 30.3 Å². The second kappa shape index (κ2) is 5.18. The van der Waals surface area contributed by atoms with Crippen molar-refractivity contribution in [3.05, 3.63) is 69.0 Å². The van der Waals surface area contributed by atoms with E-state index in [1.807, 2.05) is 6.07 Å². The van der Waals surface area contributed by atoms with Crippen LogP contribution in [0.25, 0.3) is 22.1 Å². The molecule has 0 bridgehead atoms. The van der Waals surface area contributed by atoms with E-state index in [0.717, 1.165) is 9.86 Å². The average Bonchev–Trinajstić information content (AvgIpc) is 2.47. The lowest BCUT2D eigenvalue weighted by molar-refractivity contribution is 0.0697. The van der Waals surface area contributed by atoms with Crippen molar-refractivity contribution in [1.82, 2.24) is 0 Å². The summed E-state index contributed by atoms with van der Waals surface area (Å²) in [4.78, 5) is 22.9. The highest BCUT2D eigenvalue weighted by molar-refractivity contribution is 9.10. The van der Waals surface area contributed by atoms with E-state index in [4.69, 9.17) is 9.52 Å². The van der Waals surface area contributed by atoms with E-state index in [9.17, 15) is 9.59 Å². The van der Waals surface area contributed by atoms with Crippen LogP contribution in [0.3, 0.4) is 0 Å². The molecule has 0 radical (unpaired) electrons. The molecule has 0 spiro atoms. The first kappa shape index (κ1) is 13.6. The van der Waals surface area contributed by atoms with Gasteiger partial charge in [-0.15, -0.1) is 0 Å². The van der Waals surface area contributed by atoms with Crippen molar-refractivity contribution in [1.29, 1.82) is 0 Å². The summed E-state index contributed by atoms with van der Waals surface area (Å²) in [6, 6.07) is 13.2. The van der Waals surface area contributed by atoms with Gasteiger partial charge in [-0.3, -0.25) is 0 Å². The maximum atomic E-state index is 12.0. The van der Waals surface area contributed by atoms with Crippen LogP contribution in [0.4, 0.5) is 0 Å². The average molecular weight is 345 g/mol. The molecule has 0 saturated carbocycles. The van der Waals surface area contributed by atoms with Crippen molar-refractivity contribution in [2.45, 2.75) is 0 Å². The Balaban J connectivity index is 2.17. The highest BCUT2D eigenvalue weighted by Crippen LogP contribution is 2.24. The smallest absolute Gasteiger partial charge is 0.344 e. The van der Waals surface area contributed by atoms with Gasteiger partial charge < -0.3 is 9.52 Å². The van der Waals surface area contributed by atoms with E-state index in [2.05, 4.69) is 15.9 Å². The minimum Gasteiger partial charge on any atom is -0.478 e. The van der Waals surface area contributed by atoms with Crippen molar-refractivity contribution >= 4 is 32.9 Å². The van der Waals surface area contributed by atoms with Crippen LogP contribution < -0.4 is 5.63 Å². The third-order valence-corrected chi connectivity index (χ3v) is 3.63. The quantitative estimate of drug-likeness (QED) is 0.715. The lowest BCUT2D eigenvalue weighted by Gasteiger charge is -2.03. The number of benzene rings is 2. The topological polar surface area (TPSA) is 67.5 Å². The van der Waals surface area contributed by atoms with E-state index in [-0.39, 0.29) is 5.56 Å². The molecule has 0 amide bonds. The Morgan fingerprint density at radius 1 is 1.05 bits per heavy atom. The first-order valence-corrected chi connectivity index (χ1v) is 6.91. The second-order valence-electron chi connectivity index (χ2n) is 4.51. The number of hydrogen-bond donors (Lipinski definition) is 1. The zero-order valence-electron chi connectivity index (χ0n) is 10.7. The normalized spacial score (nSPS) is 10.7. The van der Waals surface area contributed by atoms with Crippen LogP contribution in [0.15, 0.2) is 62.2 Å². The number of hydrogen-bond acceptors (Lipinski definition) is 3. The van der Waals surface area contributed by atoms with Gasteiger partial charge in [-0.25, -0.2) is 9.59 Å². The number of carboxylic acid groups (broad SMARTS) is 1. The fraction of sp³-hybridized carbons (Fsp3) is 0. The third kappa shape index (κ3) is 2.60. The van der Waals surface area contributed by atoms with Gasteiger partial charge in [0.05, 0.1) is 11.1 Å². The second-order valence-corrected chi connectivity index (χ2v) is 5.43. The first-order valence-electron chi connectivity index (χ1n) is 6.12. The zero-order valence-corrected chi connectivity index (χ0v) is 12.3. The van der Waals surface area contributed by atoms with Gasteiger partial charge >= 0.3 is 11.6 Å². The molecule has 4 nitrogen and oxygen atoms in total. The van der Waals surface area contributed by atoms with Gasteiger partial charge in [0.25, 0.3) is 0 Å². The summed E-state index contributed by atoms with van der Waals surface area (Å²) in [6.45, 7) is 0. The third-order valence-electron chi connectivity index (χ3n) is 3.14. The molecule has 104 valence electrons. The van der Waals surface area contributed by atoms with Crippen LogP contribution in [0.1, 0.15) is 10.4 Å². The Kier molecular flexibility index (Phi) is 3.35. The summed E-state index contributed by atoms with van der Waals surface area (Å²) in [5, 5.41) is 9.68. The molecule has 0 aliphatic heterocycles. The molecule has 3 aromatic rings. The number of fused-ring (bicyclic) bond motifs is 1. The maximum absolute atomic E-state index is 12.0. The number of halogens is 1. The lowest BCUT2D eigenvalue weighted by atomic mass is 10.0. The van der Waals surface area contributed by atoms with Crippen LogP contribution >= 0.6 is 15.9 Å². The van der Waals surface area contributed by atoms with Gasteiger partial charge in [0.2, 0.25) is 0 Å². The van der Waals surface area contributed by atoms with Crippen molar-refractivity contribution in [3.8, 4) is 11.1 Å². The van der Waals surface area contributed by atoms with Gasteiger partial charge in [0.15, 0.2) is 0 Å². The molecule has 0 atom stereocenters. The fourth-order valence-electron chi connectivity index (χ4n) is 2.09. The predicted octanol–water partition coefficient (Wildman–Crippen LogP) is 3.92. The summed E-state index contributed by atoms with van der Waals surface area (Å²) >= 11 is 3.37. The van der Waals surface area contributed by atoms with Crippen LogP contribution in [0, 0.1) is 0 Å². The van der Waals surface area contributed by atoms with Crippen molar-refractivity contribution in [3.63, 3.8) is 0 Å². The molecule has 0 fully saturated rings. The first-order chi connectivity index (χ1) is 10.0. The van der Waals surface area contributed by atoms with Gasteiger partial charge in [0, 0.05) is 9.86 Å². The summed E-state index contributed by atoms with van der Waals surface area (Å²) in [5.41, 5.74) is 1.25. The number of rotatable bonds is 2. The molecular weight excluding hydrogens is 336 g/mol. The SMILES string of the molecule is O=C(O)c1ccc(-c2cc3cc(Br)ccc3oc2=O)cc1. The Morgan fingerprint density at radius 2 is 1.76 bits per heavy atom. The van der Waals surface area contributed by atoms with Crippen LogP contribution in [-0.4, -0.2) is 11.1 Å². The predicted molar refractivity (Wildman–Crippen MR) is 82.6 cm³/mol. The van der Waals surface area contributed by atoms with Gasteiger partial charge in [-0.1, -0.05) is 28.1 Å². The minimum atomic E-state index is -1.00. The molecule has 3 rings (SSSR count). The Morgan fingerprint density at radius 3 is 2.43 bits per heavy atom. The standard InChI is InChI=1S/C16H9BrO4/c17-12-5-6-14-11(7-12)8-13(16(20)21-14)9-1-3-10(4-2-9)15(18)19/h1-8H,(H,18,19). The Hall–Kier alpha value is -2.40. The molecule has 0 saturated heterocycles. The molecule has 21 heavy (non-hydrogen) atoms. The molecule has 1 N–H and O–H groups in total. The molecule has 0 unspecified atom stereocenters. The Labute approximate surface area is 127 Å². The summed E-state index contributed by atoms with van der Waals surface area (Å²) < 4.78 is 6.17. The van der Waals surface area contributed by atoms with Gasteiger partial charge in [-0.05, 0) is 42.0 Å². The molecule has 5 heteroatoms. The highest BCUT2D eigenvalue weighted by atomic mass is 79.9. The molecular formula is C16H9BrO4. The minimum absolute atomic E-state index is 0.173. The van der Waals surface area contributed by atoms with Crippen LogP contribution in [0.2, 0.25) is 0 Å². The maximum Gasteiger partial charge on any atom is 0.344 e. The fourth-order valence-corrected chi connectivity index (χ4v) is 2.47. The van der Waals surface area contributed by atoms with Gasteiger partial charge in [-0.2, -0.15) is 0 Å². The van der Waals surface area contributed by atoms with Crippen LogP contribution in [0.5, 0.6) is 0 Å². The van der Waals surface area contributed by atoms with Crippen molar-refractivity contribution in [2.75, 3.05) is 0 Å². The largest absolute Gasteiger partial charge is 0.478 e. The van der Waals surface area contributed by atoms with Crippen molar-refractivity contribution < 1.29 is 14.3 Å². The molecule has 2 aromatic carbocycles. The summed E-state index contributed by atoms with van der Waals surface area (Å²) in [5.74, 6) is -1.00. The van der Waals surface area contributed by atoms with Crippen molar-refractivity contribution in [2.24, 2.45) is 0 Å². The number of carboxylic acids is 1. The molecule has 1 aromatic heterocycles. The Bertz CT molecular complexity index is 894. The zero-order chi connectivity index (χ0) is 15.0. The highest BCUT2D eigenvalue weighted by Gasteiger charge is 2.09. The van der Waals surface area contributed by atoms with E-state index in [1.165, 1.54) is 12.1 Å². The van der Waals surface area contributed by atoms with Crippen LogP contribution in [-0.2, 0) is 0 Å². The molecule has 0 aliphatic rings. The number of aromatic carboxylic acids is 1. The van der Waals surface area contributed by atoms with E-state index < -0.39 is 11.6 Å². The van der Waals surface area contributed by atoms with E-state index >= 15 is 0 Å². The monoisotopic (exact) mass is 344 g/mol. The number of carbonyl (C=O) groups is 1. The van der Waals surface area contributed by atoms with Gasteiger partial charge in [0.1, 0.15) is 5.58 Å². The lowest BCUT2D eigenvalue weighted by Crippen LogP contribution is -2.03. The summed E-state index contributed by atoms with van der Waals surface area (Å²) in [6.07, 6.45) is 0. The summed E-state index contributed by atoms with van der Waals surface area (Å²) in [7, 11) is 0. The molecule has 1 heterocycles. The molecule has 0 aliphatic carbocycles. The van der Waals surface area contributed by atoms with E-state index in [0.29, 0.717) is 16.7 Å².